The Morgan fingerprint density at radius 2 is 2.18 bits per heavy atom. The van der Waals surface area contributed by atoms with Gasteiger partial charge in [0.05, 0.1) is 0 Å². The molecule has 0 aromatic carbocycles. The van der Waals surface area contributed by atoms with Crippen molar-refractivity contribution in [2.45, 2.75) is 31.7 Å². The Bertz CT molecular complexity index is 136. The first-order valence-corrected chi connectivity index (χ1v) is 3.60. The number of aldehydes is 1. The van der Waals surface area contributed by atoms with Gasteiger partial charge < -0.3 is 15.6 Å². The first-order valence-electron chi connectivity index (χ1n) is 3.60. The van der Waals surface area contributed by atoms with Gasteiger partial charge in [-0.2, -0.15) is 0 Å². The van der Waals surface area contributed by atoms with Crippen molar-refractivity contribution in [1.82, 2.24) is 0 Å². The molecule has 1 atom stereocenters. The number of hydrogen-bond donors (Lipinski definition) is 2. The third-order valence-corrected chi connectivity index (χ3v) is 1.40. The number of carboxylic acids is 1. The lowest BCUT2D eigenvalue weighted by molar-refractivity contribution is -0.138. The standard InChI is InChI=1S/C7H13NO3/c8-6(7(10)11)4-2-1-3-5-9/h5-6H,1-4,8H2,(H,10,11)/t6-/m1/s1. The second-order valence-electron chi connectivity index (χ2n) is 2.40. The van der Waals surface area contributed by atoms with E-state index in [1.165, 1.54) is 0 Å². The number of hydrogen-bond acceptors (Lipinski definition) is 3. The van der Waals surface area contributed by atoms with Crippen molar-refractivity contribution in [2.24, 2.45) is 5.73 Å². The smallest absolute Gasteiger partial charge is 0.320 e. The van der Waals surface area contributed by atoms with Crippen LogP contribution in [0.3, 0.4) is 0 Å². The highest BCUT2D eigenvalue weighted by Crippen LogP contribution is 2.00. The van der Waals surface area contributed by atoms with Crippen LogP contribution < -0.4 is 5.73 Å². The molecule has 0 aromatic rings. The molecule has 0 heterocycles. The molecular weight excluding hydrogens is 146 g/mol. The summed E-state index contributed by atoms with van der Waals surface area (Å²) in [4.78, 5) is 20.0. The highest BCUT2D eigenvalue weighted by atomic mass is 16.4. The van der Waals surface area contributed by atoms with E-state index < -0.39 is 12.0 Å². The number of carbonyl (C=O) groups is 2. The molecule has 0 rings (SSSR count). The molecule has 0 aliphatic rings. The van der Waals surface area contributed by atoms with Crippen LogP contribution in [0.25, 0.3) is 0 Å². The van der Waals surface area contributed by atoms with Crippen molar-refractivity contribution in [3.05, 3.63) is 0 Å². The zero-order valence-corrected chi connectivity index (χ0v) is 6.32. The van der Waals surface area contributed by atoms with E-state index in [-0.39, 0.29) is 0 Å². The van der Waals surface area contributed by atoms with E-state index in [1.54, 1.807) is 0 Å². The van der Waals surface area contributed by atoms with E-state index in [2.05, 4.69) is 0 Å². The molecule has 0 saturated heterocycles. The molecule has 0 amide bonds. The van der Waals surface area contributed by atoms with Gasteiger partial charge in [-0.25, -0.2) is 0 Å². The molecule has 4 nitrogen and oxygen atoms in total. The van der Waals surface area contributed by atoms with Gasteiger partial charge in [-0.05, 0) is 12.8 Å². The van der Waals surface area contributed by atoms with Gasteiger partial charge in [-0.15, -0.1) is 0 Å². The minimum atomic E-state index is -0.976. The molecule has 3 N–H and O–H groups in total. The summed E-state index contributed by atoms with van der Waals surface area (Å²) in [5, 5.41) is 8.34. The minimum Gasteiger partial charge on any atom is -0.480 e. The molecule has 64 valence electrons. The predicted octanol–water partition coefficient (Wildman–Crippen LogP) is 0.158. The Labute approximate surface area is 65.4 Å². The molecule has 0 radical (unpaired) electrons. The monoisotopic (exact) mass is 159 g/mol. The summed E-state index contributed by atoms with van der Waals surface area (Å²) in [6.07, 6.45) is 3.19. The zero-order valence-electron chi connectivity index (χ0n) is 6.32. The Morgan fingerprint density at radius 1 is 1.55 bits per heavy atom. The van der Waals surface area contributed by atoms with Gasteiger partial charge in [-0.1, -0.05) is 6.42 Å². The number of aliphatic carboxylic acids is 1. The van der Waals surface area contributed by atoms with Crippen LogP contribution in [-0.4, -0.2) is 23.4 Å². The van der Waals surface area contributed by atoms with Crippen molar-refractivity contribution in [3.8, 4) is 0 Å². The third-order valence-electron chi connectivity index (χ3n) is 1.40. The Balaban J connectivity index is 3.24. The molecule has 0 fully saturated rings. The lowest BCUT2D eigenvalue weighted by Gasteiger charge is -2.03. The lowest BCUT2D eigenvalue weighted by Crippen LogP contribution is -2.29. The quantitative estimate of drug-likeness (QED) is 0.427. The average molecular weight is 159 g/mol. The molecule has 0 bridgehead atoms. The second kappa shape index (κ2) is 5.85. The molecule has 0 saturated carbocycles. The summed E-state index contributed by atoms with van der Waals surface area (Å²) in [5.41, 5.74) is 5.21. The van der Waals surface area contributed by atoms with Gasteiger partial charge in [0.25, 0.3) is 0 Å². The van der Waals surface area contributed by atoms with Crippen molar-refractivity contribution in [1.29, 1.82) is 0 Å². The topological polar surface area (TPSA) is 80.4 Å². The summed E-state index contributed by atoms with van der Waals surface area (Å²) < 4.78 is 0. The van der Waals surface area contributed by atoms with Crippen molar-refractivity contribution < 1.29 is 14.7 Å². The fourth-order valence-corrected chi connectivity index (χ4v) is 0.715. The highest BCUT2D eigenvalue weighted by Gasteiger charge is 2.09. The first kappa shape index (κ1) is 10.1. The second-order valence-corrected chi connectivity index (χ2v) is 2.40. The average Bonchev–Trinajstić information content (AvgIpc) is 1.97. The minimum absolute atomic E-state index is 0.448. The highest BCUT2D eigenvalue weighted by molar-refractivity contribution is 5.72. The van der Waals surface area contributed by atoms with E-state index in [4.69, 9.17) is 10.8 Å². The number of nitrogens with two attached hydrogens (primary N) is 1. The molecule has 11 heavy (non-hydrogen) atoms. The normalized spacial score (nSPS) is 12.5. The van der Waals surface area contributed by atoms with E-state index >= 15 is 0 Å². The Hall–Kier alpha value is -0.900. The molecule has 0 aromatic heterocycles. The number of carbonyl (C=O) groups excluding carboxylic acids is 1. The SMILES string of the molecule is N[C@H](CCCCC=O)C(=O)O. The summed E-state index contributed by atoms with van der Waals surface area (Å²) >= 11 is 0. The summed E-state index contributed by atoms with van der Waals surface area (Å²) in [6.45, 7) is 0. The maximum atomic E-state index is 10.2. The number of unbranched alkanes of at least 4 members (excludes halogenated alkanes) is 2. The van der Waals surface area contributed by atoms with Gasteiger partial charge in [-0.3, -0.25) is 4.79 Å². The molecule has 0 unspecified atom stereocenters. The lowest BCUT2D eigenvalue weighted by atomic mass is 10.1. The summed E-state index contributed by atoms with van der Waals surface area (Å²) in [5.74, 6) is -0.976. The van der Waals surface area contributed by atoms with Crippen LogP contribution in [0, 0.1) is 0 Å². The number of carboxylic acid groups (broad SMARTS) is 1. The fraction of sp³-hybridized carbons (Fsp3) is 0.714. The van der Waals surface area contributed by atoms with Crippen LogP contribution in [0.15, 0.2) is 0 Å². The van der Waals surface area contributed by atoms with Crippen molar-refractivity contribution in [2.75, 3.05) is 0 Å². The fourth-order valence-electron chi connectivity index (χ4n) is 0.715. The van der Waals surface area contributed by atoms with Crippen molar-refractivity contribution >= 4 is 12.3 Å². The molecular formula is C7H13NO3. The van der Waals surface area contributed by atoms with Gasteiger partial charge in [0.1, 0.15) is 12.3 Å². The first-order chi connectivity index (χ1) is 5.18. The van der Waals surface area contributed by atoms with Gasteiger partial charge >= 0.3 is 5.97 Å². The van der Waals surface area contributed by atoms with E-state index in [1.807, 2.05) is 0 Å². The van der Waals surface area contributed by atoms with Crippen LogP contribution >= 0.6 is 0 Å². The largest absolute Gasteiger partial charge is 0.480 e. The van der Waals surface area contributed by atoms with Gasteiger partial charge in [0.2, 0.25) is 0 Å². The third kappa shape index (κ3) is 5.54. The Morgan fingerprint density at radius 3 is 2.64 bits per heavy atom. The molecule has 0 spiro atoms. The van der Waals surface area contributed by atoms with Gasteiger partial charge in [0, 0.05) is 6.42 Å². The maximum Gasteiger partial charge on any atom is 0.320 e. The number of rotatable bonds is 6. The summed E-state index contributed by atoms with van der Waals surface area (Å²) in [6, 6.07) is -0.776. The maximum absolute atomic E-state index is 10.2. The molecule has 4 heteroatoms. The van der Waals surface area contributed by atoms with Gasteiger partial charge in [0.15, 0.2) is 0 Å². The molecule has 0 aliphatic carbocycles. The van der Waals surface area contributed by atoms with Crippen molar-refractivity contribution in [3.63, 3.8) is 0 Å². The van der Waals surface area contributed by atoms with Crippen LogP contribution in [0.5, 0.6) is 0 Å². The van der Waals surface area contributed by atoms with Crippen LogP contribution in [0.4, 0.5) is 0 Å². The summed E-state index contributed by atoms with van der Waals surface area (Å²) in [7, 11) is 0. The van der Waals surface area contributed by atoms with Crippen LogP contribution in [0.2, 0.25) is 0 Å². The molecule has 0 aliphatic heterocycles. The van der Waals surface area contributed by atoms with Crippen LogP contribution in [0.1, 0.15) is 25.7 Å². The predicted molar refractivity (Wildman–Crippen MR) is 40.1 cm³/mol. The zero-order chi connectivity index (χ0) is 8.69. The van der Waals surface area contributed by atoms with Crippen LogP contribution in [-0.2, 0) is 9.59 Å². The Kier molecular flexibility index (Phi) is 5.37. The van der Waals surface area contributed by atoms with E-state index in [0.29, 0.717) is 19.3 Å². The van der Waals surface area contributed by atoms with E-state index in [9.17, 15) is 9.59 Å². The van der Waals surface area contributed by atoms with E-state index in [0.717, 1.165) is 12.7 Å².